The molecule has 1 aromatic heterocycles. The van der Waals surface area contributed by atoms with Crippen molar-refractivity contribution in [2.24, 2.45) is 0 Å². The summed E-state index contributed by atoms with van der Waals surface area (Å²) in [7, 11) is -1.44. The van der Waals surface area contributed by atoms with Crippen molar-refractivity contribution in [3.8, 4) is 0 Å². The molecule has 1 rings (SSSR count). The van der Waals surface area contributed by atoms with Crippen LogP contribution < -0.4 is 5.32 Å². The van der Waals surface area contributed by atoms with Crippen molar-refractivity contribution in [3.05, 3.63) is 12.4 Å². The molecular weight excluding hydrogens is 266 g/mol. The van der Waals surface area contributed by atoms with Crippen LogP contribution >= 0.6 is 0 Å². The molecule has 0 atom stereocenters. The van der Waals surface area contributed by atoms with E-state index in [2.05, 4.69) is 10.3 Å². The maximum Gasteiger partial charge on any atom is 0.202 e. The normalized spacial score (nSPS) is 12.6. The van der Waals surface area contributed by atoms with E-state index in [9.17, 15) is 8.42 Å². The molecule has 0 fully saturated rings. The average Bonchev–Trinajstić information content (AvgIpc) is 2.73. The van der Waals surface area contributed by atoms with Gasteiger partial charge in [0.15, 0.2) is 9.84 Å². The van der Waals surface area contributed by atoms with Gasteiger partial charge in [-0.2, -0.15) is 0 Å². The molecule has 1 N–H and O–H groups in total. The number of hydrogen-bond acceptors (Lipinski definition) is 5. The lowest BCUT2D eigenvalue weighted by Crippen LogP contribution is -2.38. The van der Waals surface area contributed by atoms with Crippen molar-refractivity contribution in [2.45, 2.75) is 31.6 Å². The molecule has 0 spiro atoms. The Morgan fingerprint density at radius 1 is 1.47 bits per heavy atom. The number of methoxy groups -OCH3 is 1. The molecular formula is C12H23N3O3S. The summed E-state index contributed by atoms with van der Waals surface area (Å²) in [6.45, 7) is 5.20. The van der Waals surface area contributed by atoms with Crippen LogP contribution in [0.1, 0.15) is 20.3 Å². The molecule has 1 heterocycles. The van der Waals surface area contributed by atoms with Gasteiger partial charge < -0.3 is 14.6 Å². The van der Waals surface area contributed by atoms with Crippen molar-refractivity contribution >= 4 is 15.8 Å². The predicted molar refractivity (Wildman–Crippen MR) is 76.1 cm³/mol. The minimum Gasteiger partial charge on any atom is -0.385 e. The summed E-state index contributed by atoms with van der Waals surface area (Å²) in [5.74, 6) is 0.688. The van der Waals surface area contributed by atoms with Crippen molar-refractivity contribution in [1.29, 1.82) is 0 Å². The Morgan fingerprint density at radius 3 is 2.74 bits per heavy atom. The predicted octanol–water partition coefficient (Wildman–Crippen LogP) is 1.15. The third-order valence-corrected chi connectivity index (χ3v) is 5.29. The van der Waals surface area contributed by atoms with Gasteiger partial charge in [-0.15, -0.1) is 0 Å². The zero-order chi connectivity index (χ0) is 14.5. The van der Waals surface area contributed by atoms with Crippen LogP contribution in [0.2, 0.25) is 0 Å². The Balaban J connectivity index is 2.61. The molecule has 0 aliphatic heterocycles. The van der Waals surface area contributed by atoms with E-state index in [1.54, 1.807) is 27.2 Å². The first kappa shape index (κ1) is 16.0. The van der Waals surface area contributed by atoms with Gasteiger partial charge in [0.1, 0.15) is 0 Å². The van der Waals surface area contributed by atoms with Gasteiger partial charge in [-0.05, 0) is 20.3 Å². The fourth-order valence-corrected chi connectivity index (χ4v) is 1.79. The number of nitrogens with zero attached hydrogens (tertiary/aromatic N) is 2. The highest BCUT2D eigenvalue weighted by atomic mass is 32.2. The van der Waals surface area contributed by atoms with Gasteiger partial charge in [-0.1, -0.05) is 0 Å². The van der Waals surface area contributed by atoms with Gasteiger partial charge >= 0.3 is 0 Å². The number of hydrogen-bond donors (Lipinski definition) is 1. The van der Waals surface area contributed by atoms with Crippen LogP contribution in [0.4, 0.5) is 5.95 Å². The lowest BCUT2D eigenvalue weighted by atomic mass is 10.2. The number of imidazole rings is 1. The second-order valence-electron chi connectivity index (χ2n) is 5.18. The summed E-state index contributed by atoms with van der Waals surface area (Å²) in [5, 5.41) is 3.10. The molecule has 0 aromatic carbocycles. The lowest BCUT2D eigenvalue weighted by molar-refractivity contribution is 0.190. The van der Waals surface area contributed by atoms with E-state index in [4.69, 9.17) is 4.74 Å². The second-order valence-corrected chi connectivity index (χ2v) is 7.83. The molecule has 0 unspecified atom stereocenters. The number of nitrogens with one attached hydrogen (secondary N) is 1. The van der Waals surface area contributed by atoms with Gasteiger partial charge in [0.2, 0.25) is 5.95 Å². The zero-order valence-electron chi connectivity index (χ0n) is 12.0. The highest BCUT2D eigenvalue weighted by Crippen LogP contribution is 2.16. The van der Waals surface area contributed by atoms with Gasteiger partial charge in [0.25, 0.3) is 0 Å². The largest absolute Gasteiger partial charge is 0.385 e. The molecule has 7 heteroatoms. The fourth-order valence-electron chi connectivity index (χ4n) is 1.46. The Hall–Kier alpha value is -1.08. The quantitative estimate of drug-likeness (QED) is 0.727. The Morgan fingerprint density at radius 2 is 2.16 bits per heavy atom. The topological polar surface area (TPSA) is 73.2 Å². The highest BCUT2D eigenvalue weighted by Gasteiger charge is 2.30. The molecule has 110 valence electrons. The number of sulfone groups is 1. The van der Waals surface area contributed by atoms with E-state index >= 15 is 0 Å². The third kappa shape index (κ3) is 4.50. The molecule has 0 bridgehead atoms. The summed E-state index contributed by atoms with van der Waals surface area (Å²) in [4.78, 5) is 4.20. The molecule has 19 heavy (non-hydrogen) atoms. The summed E-state index contributed by atoms with van der Waals surface area (Å²) in [6.07, 6.45) is 5.70. The van der Waals surface area contributed by atoms with Crippen LogP contribution in [0.25, 0.3) is 0 Å². The zero-order valence-corrected chi connectivity index (χ0v) is 12.8. The van der Waals surface area contributed by atoms with Crippen molar-refractivity contribution in [2.75, 3.05) is 31.8 Å². The van der Waals surface area contributed by atoms with Crippen LogP contribution in [0, 0.1) is 0 Å². The van der Waals surface area contributed by atoms with Gasteiger partial charge in [-0.25, -0.2) is 13.4 Å². The standard InChI is InChI=1S/C12H23N3O3S/c1-12(2,19(4,16)17)10-14-11-13-6-8-15(11)7-5-9-18-3/h6,8H,5,7,9-10H2,1-4H3,(H,13,14). The first-order valence-electron chi connectivity index (χ1n) is 6.21. The number of aromatic nitrogens is 2. The van der Waals surface area contributed by atoms with E-state index in [-0.39, 0.29) is 0 Å². The van der Waals surface area contributed by atoms with Crippen LogP contribution in [-0.4, -0.2) is 49.2 Å². The summed E-state index contributed by atoms with van der Waals surface area (Å²) < 4.78 is 29.4. The number of anilines is 1. The van der Waals surface area contributed by atoms with E-state index in [1.807, 2.05) is 10.8 Å². The molecule has 1 aromatic rings. The smallest absolute Gasteiger partial charge is 0.202 e. The lowest BCUT2D eigenvalue weighted by Gasteiger charge is -2.23. The molecule has 0 aliphatic rings. The summed E-state index contributed by atoms with van der Waals surface area (Å²) in [5.41, 5.74) is 0. The maximum atomic E-state index is 11.6. The Labute approximate surface area is 115 Å². The minimum atomic E-state index is -3.11. The van der Waals surface area contributed by atoms with Crippen LogP contribution in [0.3, 0.4) is 0 Å². The van der Waals surface area contributed by atoms with E-state index in [1.165, 1.54) is 6.26 Å². The highest BCUT2D eigenvalue weighted by molar-refractivity contribution is 7.92. The number of aryl methyl sites for hydroxylation is 1. The van der Waals surface area contributed by atoms with Crippen LogP contribution in [0.15, 0.2) is 12.4 Å². The van der Waals surface area contributed by atoms with Crippen molar-refractivity contribution in [3.63, 3.8) is 0 Å². The molecule has 0 aliphatic carbocycles. The maximum absolute atomic E-state index is 11.6. The second kappa shape index (κ2) is 6.38. The van der Waals surface area contributed by atoms with Crippen molar-refractivity contribution < 1.29 is 13.2 Å². The van der Waals surface area contributed by atoms with Crippen LogP contribution in [-0.2, 0) is 21.1 Å². The van der Waals surface area contributed by atoms with Gasteiger partial charge in [-0.3, -0.25) is 0 Å². The van der Waals surface area contributed by atoms with Gasteiger partial charge in [0.05, 0.1) is 4.75 Å². The molecule has 0 saturated carbocycles. The SMILES string of the molecule is COCCCn1ccnc1NCC(C)(C)S(C)(=O)=O. The molecule has 6 nitrogen and oxygen atoms in total. The molecule has 0 saturated heterocycles. The molecule has 0 radical (unpaired) electrons. The number of ether oxygens (including phenoxy) is 1. The first-order valence-corrected chi connectivity index (χ1v) is 8.10. The minimum absolute atomic E-state index is 0.327. The summed E-state index contributed by atoms with van der Waals surface area (Å²) >= 11 is 0. The third-order valence-electron chi connectivity index (χ3n) is 3.14. The van der Waals surface area contributed by atoms with Gasteiger partial charge in [0, 0.05) is 45.5 Å². The summed E-state index contributed by atoms with van der Waals surface area (Å²) in [6, 6.07) is 0. The van der Waals surface area contributed by atoms with Crippen LogP contribution in [0.5, 0.6) is 0 Å². The van der Waals surface area contributed by atoms with E-state index < -0.39 is 14.6 Å². The average molecular weight is 289 g/mol. The van der Waals surface area contributed by atoms with E-state index in [0.717, 1.165) is 13.0 Å². The van der Waals surface area contributed by atoms with Crippen molar-refractivity contribution in [1.82, 2.24) is 9.55 Å². The molecule has 0 amide bonds. The first-order chi connectivity index (χ1) is 8.78. The Bertz CT molecular complexity index is 494. The fraction of sp³-hybridized carbons (Fsp3) is 0.750. The van der Waals surface area contributed by atoms with E-state index in [0.29, 0.717) is 19.1 Å². The Kier molecular flexibility index (Phi) is 5.37. The number of rotatable bonds is 8. The monoisotopic (exact) mass is 289 g/mol.